The first-order chi connectivity index (χ1) is 7.36. The second-order valence-electron chi connectivity index (χ2n) is 3.96. The van der Waals surface area contributed by atoms with Gasteiger partial charge >= 0.3 is 0 Å². The molecule has 0 bridgehead atoms. The van der Waals surface area contributed by atoms with Crippen LogP contribution in [-0.4, -0.2) is 49.3 Å². The monoisotopic (exact) mass is 266 g/mol. The number of amides is 1. The van der Waals surface area contributed by atoms with Crippen molar-refractivity contribution in [1.82, 2.24) is 10.6 Å². The van der Waals surface area contributed by atoms with Gasteiger partial charge in [0, 0.05) is 18.3 Å². The lowest BCUT2D eigenvalue weighted by atomic mass is 10.2. The molecule has 0 aromatic heterocycles. The summed E-state index contributed by atoms with van der Waals surface area (Å²) in [5.41, 5.74) is 0. The molecule has 0 radical (unpaired) electrons. The summed E-state index contributed by atoms with van der Waals surface area (Å²) in [4.78, 5) is 11.7. The van der Waals surface area contributed by atoms with Gasteiger partial charge in [0.05, 0.1) is 13.2 Å². The topological polar surface area (TPSA) is 50.4 Å². The van der Waals surface area contributed by atoms with Crippen LogP contribution >= 0.6 is 24.2 Å². The fourth-order valence-corrected chi connectivity index (χ4v) is 3.08. The molecule has 2 aliphatic rings. The summed E-state index contributed by atoms with van der Waals surface area (Å²) < 4.78 is 5.25. The summed E-state index contributed by atoms with van der Waals surface area (Å²) in [6.07, 6.45) is 2.52. The van der Waals surface area contributed by atoms with Gasteiger partial charge in [-0.15, -0.1) is 12.4 Å². The molecule has 0 aromatic rings. The first-order valence-electron chi connectivity index (χ1n) is 5.57. The van der Waals surface area contributed by atoms with Gasteiger partial charge in [0.1, 0.15) is 6.04 Å². The average Bonchev–Trinajstić information content (AvgIpc) is 2.80. The van der Waals surface area contributed by atoms with Gasteiger partial charge < -0.3 is 15.4 Å². The third-order valence-electron chi connectivity index (χ3n) is 2.77. The number of nitrogens with one attached hydrogen (secondary N) is 2. The van der Waals surface area contributed by atoms with Crippen molar-refractivity contribution in [2.45, 2.75) is 24.1 Å². The number of hydrogen-bond acceptors (Lipinski definition) is 4. The lowest BCUT2D eigenvalue weighted by Gasteiger charge is -2.23. The molecule has 4 nitrogen and oxygen atoms in total. The highest BCUT2D eigenvalue weighted by molar-refractivity contribution is 8.00. The predicted octanol–water partition coefficient (Wildman–Crippen LogP) is 0.408. The minimum Gasteiger partial charge on any atom is -0.378 e. The van der Waals surface area contributed by atoms with Crippen molar-refractivity contribution < 1.29 is 9.53 Å². The van der Waals surface area contributed by atoms with Crippen LogP contribution in [-0.2, 0) is 9.53 Å². The molecule has 0 saturated carbocycles. The van der Waals surface area contributed by atoms with Crippen LogP contribution in [0.5, 0.6) is 0 Å². The Labute approximate surface area is 107 Å². The Morgan fingerprint density at radius 2 is 2.44 bits per heavy atom. The molecule has 2 rings (SSSR count). The number of rotatable bonds is 3. The smallest absolute Gasteiger partial charge is 0.239 e. The molecular weight excluding hydrogens is 248 g/mol. The van der Waals surface area contributed by atoms with Crippen molar-refractivity contribution in [1.29, 1.82) is 0 Å². The van der Waals surface area contributed by atoms with Crippen molar-refractivity contribution in [3.05, 3.63) is 0 Å². The molecule has 0 aromatic carbocycles. The van der Waals surface area contributed by atoms with E-state index in [4.69, 9.17) is 4.74 Å². The van der Waals surface area contributed by atoms with E-state index in [0.717, 1.165) is 13.1 Å². The maximum atomic E-state index is 11.7. The molecule has 2 aliphatic heterocycles. The van der Waals surface area contributed by atoms with Gasteiger partial charge in [-0.2, -0.15) is 11.8 Å². The zero-order valence-electron chi connectivity index (χ0n) is 9.24. The first kappa shape index (κ1) is 14.1. The third kappa shape index (κ3) is 4.13. The van der Waals surface area contributed by atoms with Crippen LogP contribution in [0.3, 0.4) is 0 Å². The summed E-state index contributed by atoms with van der Waals surface area (Å²) >= 11 is 1.96. The number of thioether (sulfide) groups is 1. The van der Waals surface area contributed by atoms with E-state index < -0.39 is 0 Å². The van der Waals surface area contributed by atoms with Crippen LogP contribution in [0.25, 0.3) is 0 Å². The van der Waals surface area contributed by atoms with E-state index in [2.05, 4.69) is 10.6 Å². The molecule has 2 saturated heterocycles. The quantitative estimate of drug-likeness (QED) is 0.777. The summed E-state index contributed by atoms with van der Waals surface area (Å²) in [6.45, 7) is 2.80. The highest BCUT2D eigenvalue weighted by Crippen LogP contribution is 2.25. The van der Waals surface area contributed by atoms with Crippen LogP contribution in [0.2, 0.25) is 0 Å². The van der Waals surface area contributed by atoms with Crippen molar-refractivity contribution in [2.24, 2.45) is 0 Å². The summed E-state index contributed by atoms with van der Waals surface area (Å²) in [6, 6.07) is -0.148. The molecule has 2 heterocycles. The van der Waals surface area contributed by atoms with Crippen molar-refractivity contribution in [2.75, 3.05) is 32.1 Å². The number of carbonyl (C=O) groups excluding carboxylic acids is 1. The zero-order valence-corrected chi connectivity index (χ0v) is 10.9. The second kappa shape index (κ2) is 7.37. The average molecular weight is 267 g/mol. The van der Waals surface area contributed by atoms with E-state index in [1.807, 2.05) is 11.8 Å². The molecule has 6 heteroatoms. The fourth-order valence-electron chi connectivity index (χ4n) is 1.88. The van der Waals surface area contributed by atoms with Gasteiger partial charge in [-0.05, 0) is 18.6 Å². The number of hydrogen-bond donors (Lipinski definition) is 2. The maximum Gasteiger partial charge on any atom is 0.239 e. The van der Waals surface area contributed by atoms with E-state index in [-0.39, 0.29) is 24.4 Å². The molecule has 94 valence electrons. The molecule has 2 atom stereocenters. The van der Waals surface area contributed by atoms with Crippen molar-refractivity contribution >= 4 is 30.1 Å². The van der Waals surface area contributed by atoms with E-state index in [1.54, 1.807) is 0 Å². The highest BCUT2D eigenvalue weighted by atomic mass is 35.5. The van der Waals surface area contributed by atoms with Gasteiger partial charge in [-0.3, -0.25) is 4.79 Å². The zero-order chi connectivity index (χ0) is 10.5. The number of halogens is 1. The molecule has 0 spiro atoms. The summed E-state index contributed by atoms with van der Waals surface area (Å²) in [7, 11) is 0. The molecule has 0 aliphatic carbocycles. The molecule has 1 amide bonds. The number of ether oxygens (including phenoxy) is 1. The fraction of sp³-hybridized carbons (Fsp3) is 0.900. The Balaban J connectivity index is 0.00000128. The van der Waals surface area contributed by atoms with Crippen LogP contribution in [0.15, 0.2) is 0 Å². The van der Waals surface area contributed by atoms with Gasteiger partial charge in [0.2, 0.25) is 5.91 Å². The first-order valence-corrected chi connectivity index (χ1v) is 6.61. The minimum absolute atomic E-state index is 0. The second-order valence-corrected chi connectivity index (χ2v) is 5.37. The molecule has 2 N–H and O–H groups in total. The number of carbonyl (C=O) groups is 1. The molecule has 16 heavy (non-hydrogen) atoms. The highest BCUT2D eigenvalue weighted by Gasteiger charge is 2.22. The van der Waals surface area contributed by atoms with Gasteiger partial charge in [-0.25, -0.2) is 0 Å². The van der Waals surface area contributed by atoms with E-state index in [9.17, 15) is 4.79 Å². The van der Waals surface area contributed by atoms with E-state index in [0.29, 0.717) is 18.5 Å². The predicted molar refractivity (Wildman–Crippen MR) is 68.3 cm³/mol. The largest absolute Gasteiger partial charge is 0.378 e. The maximum absolute atomic E-state index is 11.7. The van der Waals surface area contributed by atoms with Crippen LogP contribution in [0.1, 0.15) is 12.8 Å². The normalized spacial score (nSPS) is 29.5. The SMILES string of the molecule is Cl.O=C(NCC1CCCS1)C1COCCN1. The van der Waals surface area contributed by atoms with Gasteiger partial charge in [0.25, 0.3) is 0 Å². The molecule has 2 fully saturated rings. The number of morpholine rings is 1. The van der Waals surface area contributed by atoms with Crippen LogP contribution in [0.4, 0.5) is 0 Å². The Hall–Kier alpha value is 0.0300. The van der Waals surface area contributed by atoms with Crippen LogP contribution in [0, 0.1) is 0 Å². The van der Waals surface area contributed by atoms with Crippen molar-refractivity contribution in [3.8, 4) is 0 Å². The van der Waals surface area contributed by atoms with Gasteiger partial charge in [-0.1, -0.05) is 0 Å². The van der Waals surface area contributed by atoms with Gasteiger partial charge in [0.15, 0.2) is 0 Å². The summed E-state index contributed by atoms with van der Waals surface area (Å²) in [5.74, 6) is 1.33. The Morgan fingerprint density at radius 1 is 1.56 bits per heavy atom. The summed E-state index contributed by atoms with van der Waals surface area (Å²) in [5, 5.41) is 6.77. The Bertz CT molecular complexity index is 219. The van der Waals surface area contributed by atoms with E-state index in [1.165, 1.54) is 18.6 Å². The molecule has 2 unspecified atom stereocenters. The standard InChI is InChI=1S/C10H18N2O2S.ClH/c13-10(9-7-14-4-3-11-9)12-6-8-2-1-5-15-8;/h8-9,11H,1-7H2,(H,12,13);1H. The third-order valence-corrected chi connectivity index (χ3v) is 4.16. The minimum atomic E-state index is -0.148. The Morgan fingerprint density at radius 3 is 3.06 bits per heavy atom. The van der Waals surface area contributed by atoms with E-state index >= 15 is 0 Å². The Kier molecular flexibility index (Phi) is 6.49. The lowest BCUT2D eigenvalue weighted by Crippen LogP contribution is -2.52. The van der Waals surface area contributed by atoms with Crippen LogP contribution < -0.4 is 10.6 Å². The van der Waals surface area contributed by atoms with Crippen molar-refractivity contribution in [3.63, 3.8) is 0 Å². The lowest BCUT2D eigenvalue weighted by molar-refractivity contribution is -0.125. The molecular formula is C10H19ClN2O2S.